The van der Waals surface area contributed by atoms with Crippen molar-refractivity contribution in [1.82, 2.24) is 4.72 Å². The molecule has 0 spiro atoms. The number of benzene rings is 2. The Hall–Kier alpha value is -2.71. The lowest BCUT2D eigenvalue weighted by molar-refractivity contribution is 0.0782. The molecule has 0 radical (unpaired) electrons. The number of rotatable bonds is 2. The molecule has 2 aromatic rings. The monoisotopic (exact) mass is 425 g/mol. The molecule has 5 rings (SSSR count). The molecule has 3 aliphatic rings. The van der Waals surface area contributed by atoms with E-state index in [0.717, 1.165) is 48.9 Å². The summed E-state index contributed by atoms with van der Waals surface area (Å²) in [5.74, 6) is -0.543. The Kier molecular flexibility index (Phi) is 4.10. The maximum Gasteiger partial charge on any atom is 0.355 e. The fourth-order valence-corrected chi connectivity index (χ4v) is 6.11. The van der Waals surface area contributed by atoms with Crippen LogP contribution in [0.5, 0.6) is 0 Å². The van der Waals surface area contributed by atoms with Gasteiger partial charge in [-0.05, 0) is 85.9 Å². The number of aliphatic hydroxyl groups is 1. The van der Waals surface area contributed by atoms with Gasteiger partial charge in [-0.3, -0.25) is 9.52 Å². The summed E-state index contributed by atoms with van der Waals surface area (Å²) in [5.41, 5.74) is 5.11. The molecule has 3 amide bonds. The lowest BCUT2D eigenvalue weighted by atomic mass is 9.83. The van der Waals surface area contributed by atoms with Crippen molar-refractivity contribution in [2.75, 3.05) is 5.32 Å². The minimum Gasteiger partial charge on any atom is -0.386 e. The van der Waals surface area contributed by atoms with Crippen LogP contribution in [0.1, 0.15) is 58.4 Å². The van der Waals surface area contributed by atoms with Gasteiger partial charge in [0.05, 0.1) is 16.1 Å². The number of aryl methyl sites for hydroxylation is 2. The van der Waals surface area contributed by atoms with E-state index in [1.54, 1.807) is 19.9 Å². The molecule has 7 nitrogen and oxygen atoms in total. The molecule has 156 valence electrons. The number of amides is 3. The van der Waals surface area contributed by atoms with Gasteiger partial charge in [0.2, 0.25) is 0 Å². The second-order valence-corrected chi connectivity index (χ2v) is 10.5. The van der Waals surface area contributed by atoms with Crippen LogP contribution in [0, 0.1) is 0 Å². The van der Waals surface area contributed by atoms with Crippen molar-refractivity contribution in [3.05, 3.63) is 57.6 Å². The summed E-state index contributed by atoms with van der Waals surface area (Å²) >= 11 is 0. The number of fused-ring (bicyclic) bond motifs is 3. The minimum absolute atomic E-state index is 0.133. The van der Waals surface area contributed by atoms with Gasteiger partial charge < -0.3 is 10.4 Å². The maximum absolute atomic E-state index is 13.5. The zero-order chi connectivity index (χ0) is 21.3. The summed E-state index contributed by atoms with van der Waals surface area (Å²) in [6.07, 6.45) is 4.87. The first-order chi connectivity index (χ1) is 14.2. The third-order valence-electron chi connectivity index (χ3n) is 6.15. The predicted molar refractivity (Wildman–Crippen MR) is 113 cm³/mol. The summed E-state index contributed by atoms with van der Waals surface area (Å²) < 4.78 is 19.7. The zero-order valence-electron chi connectivity index (χ0n) is 16.9. The first-order valence-electron chi connectivity index (χ1n) is 10.1. The molecule has 0 aromatic heterocycles. The summed E-state index contributed by atoms with van der Waals surface area (Å²) in [4.78, 5) is 25.2. The van der Waals surface area contributed by atoms with Gasteiger partial charge in [0.15, 0.2) is 9.92 Å². The van der Waals surface area contributed by atoms with Gasteiger partial charge in [-0.15, -0.1) is 4.36 Å². The Bertz CT molecular complexity index is 1250. The van der Waals surface area contributed by atoms with Gasteiger partial charge in [0, 0.05) is 5.69 Å². The topological polar surface area (TPSA) is 108 Å². The van der Waals surface area contributed by atoms with Crippen LogP contribution in [0.25, 0.3) is 0 Å². The molecule has 8 heteroatoms. The van der Waals surface area contributed by atoms with Gasteiger partial charge in [-0.1, -0.05) is 12.1 Å². The number of carbonyl (C=O) groups excluding carboxylic acids is 2. The molecule has 2 aliphatic carbocycles. The number of nitrogens with zero attached hydrogens (tertiary/aromatic N) is 1. The Labute approximate surface area is 175 Å². The van der Waals surface area contributed by atoms with Crippen molar-refractivity contribution >= 4 is 27.5 Å². The molecular weight excluding hydrogens is 402 g/mol. The van der Waals surface area contributed by atoms with Gasteiger partial charge in [-0.25, -0.2) is 9.00 Å². The molecule has 0 bridgehead atoms. The van der Waals surface area contributed by atoms with Crippen LogP contribution < -0.4 is 10.0 Å². The van der Waals surface area contributed by atoms with E-state index < -0.39 is 27.5 Å². The van der Waals surface area contributed by atoms with E-state index in [-0.39, 0.29) is 10.5 Å². The molecule has 1 aliphatic heterocycles. The summed E-state index contributed by atoms with van der Waals surface area (Å²) in [7, 11) is -3.48. The first kappa shape index (κ1) is 19.3. The van der Waals surface area contributed by atoms with Crippen LogP contribution in [0.2, 0.25) is 0 Å². The fourth-order valence-electron chi connectivity index (χ4n) is 4.47. The lowest BCUT2D eigenvalue weighted by Gasteiger charge is -2.25. The third kappa shape index (κ3) is 2.94. The number of carbonyl (C=O) groups is 2. The van der Waals surface area contributed by atoms with E-state index in [2.05, 4.69) is 20.5 Å². The van der Waals surface area contributed by atoms with Crippen molar-refractivity contribution in [1.29, 1.82) is 0 Å². The highest BCUT2D eigenvalue weighted by molar-refractivity contribution is 7.93. The Morgan fingerprint density at radius 3 is 2.57 bits per heavy atom. The van der Waals surface area contributed by atoms with E-state index in [1.165, 1.54) is 23.3 Å². The molecule has 3 N–H and O–H groups in total. The number of anilines is 1. The largest absolute Gasteiger partial charge is 0.386 e. The smallest absolute Gasteiger partial charge is 0.355 e. The van der Waals surface area contributed by atoms with Gasteiger partial charge in [-0.2, -0.15) is 0 Å². The van der Waals surface area contributed by atoms with Crippen LogP contribution in [0.15, 0.2) is 33.5 Å². The number of hydrogen-bond donors (Lipinski definition) is 3. The molecule has 30 heavy (non-hydrogen) atoms. The number of urea groups is 1. The Morgan fingerprint density at radius 1 is 1.13 bits per heavy atom. The summed E-state index contributed by atoms with van der Waals surface area (Å²) in [6, 6.07) is 6.09. The highest BCUT2D eigenvalue weighted by Crippen LogP contribution is 2.40. The van der Waals surface area contributed by atoms with Crippen LogP contribution in [0.4, 0.5) is 10.5 Å². The predicted octanol–water partition coefficient (Wildman–Crippen LogP) is 3.22. The van der Waals surface area contributed by atoms with Crippen LogP contribution in [0.3, 0.4) is 0 Å². The molecule has 1 heterocycles. The van der Waals surface area contributed by atoms with Crippen LogP contribution >= 0.6 is 0 Å². The molecule has 2 aromatic carbocycles. The molecule has 0 fully saturated rings. The van der Waals surface area contributed by atoms with E-state index >= 15 is 0 Å². The standard InChI is InChI=1S/C22H23N3O4S/c1-22(2,28)14-7-9-17-18(11-14)30(29,24-20(17)26)25-21(27)23-19-15-5-3-4-12(15)10-13-6-8-16(13)19/h7,9-11,28H,3-6,8H2,1-2H3,(H2,23,24,25,26,27,29). The van der Waals surface area contributed by atoms with Crippen LogP contribution in [-0.2, 0) is 41.2 Å². The minimum atomic E-state index is -3.48. The van der Waals surface area contributed by atoms with Crippen molar-refractivity contribution in [3.8, 4) is 0 Å². The molecule has 0 saturated carbocycles. The average molecular weight is 426 g/mol. The van der Waals surface area contributed by atoms with Crippen LogP contribution in [-0.4, -0.2) is 21.3 Å². The second-order valence-electron chi connectivity index (χ2n) is 8.63. The molecular formula is C22H23N3O4S. The summed E-state index contributed by atoms with van der Waals surface area (Å²) in [6.45, 7) is 3.19. The van der Waals surface area contributed by atoms with E-state index in [1.807, 2.05) is 0 Å². The number of nitrogens with one attached hydrogen (secondary N) is 2. The van der Waals surface area contributed by atoms with Crippen molar-refractivity contribution in [2.45, 2.75) is 56.4 Å². The van der Waals surface area contributed by atoms with Gasteiger partial charge in [0.25, 0.3) is 5.91 Å². The van der Waals surface area contributed by atoms with Gasteiger partial charge >= 0.3 is 6.03 Å². The van der Waals surface area contributed by atoms with Crippen molar-refractivity contribution < 1.29 is 18.9 Å². The molecule has 0 saturated heterocycles. The average Bonchev–Trinajstić information content (AvgIpc) is 3.20. The van der Waals surface area contributed by atoms with Gasteiger partial charge in [0.1, 0.15) is 0 Å². The lowest BCUT2D eigenvalue weighted by Crippen LogP contribution is -2.24. The van der Waals surface area contributed by atoms with E-state index in [0.29, 0.717) is 5.56 Å². The Balaban J connectivity index is 1.54. The summed E-state index contributed by atoms with van der Waals surface area (Å²) in [5, 5.41) is 13.1. The fraction of sp³-hybridized carbons (Fsp3) is 0.364. The van der Waals surface area contributed by atoms with Crippen molar-refractivity contribution in [3.63, 3.8) is 0 Å². The SMILES string of the molecule is CC(C)(O)c1ccc2c(c1)S(=O)(=NC(=O)Nc1c3c(cc4c1CC4)CCC3)NC2=O. The van der Waals surface area contributed by atoms with E-state index in [9.17, 15) is 18.9 Å². The normalized spacial score (nSPS) is 21.2. The molecule has 1 unspecified atom stereocenters. The third-order valence-corrected chi connectivity index (χ3v) is 7.97. The van der Waals surface area contributed by atoms with E-state index in [4.69, 9.17) is 0 Å². The Morgan fingerprint density at radius 2 is 1.87 bits per heavy atom. The first-order valence-corrected chi connectivity index (χ1v) is 11.6. The highest BCUT2D eigenvalue weighted by Gasteiger charge is 2.34. The maximum atomic E-state index is 13.5. The quantitative estimate of drug-likeness (QED) is 0.686. The highest BCUT2D eigenvalue weighted by atomic mass is 32.2. The molecule has 1 atom stereocenters. The zero-order valence-corrected chi connectivity index (χ0v) is 17.7. The van der Waals surface area contributed by atoms with Crippen molar-refractivity contribution in [2.24, 2.45) is 4.36 Å². The number of hydrogen-bond acceptors (Lipinski definition) is 4. The second kappa shape index (κ2) is 6.39.